The van der Waals surface area contributed by atoms with Gasteiger partial charge in [-0.25, -0.2) is 0 Å². The van der Waals surface area contributed by atoms with Crippen LogP contribution in [0.5, 0.6) is 11.8 Å². The summed E-state index contributed by atoms with van der Waals surface area (Å²) in [5.74, 6) is 1.20. The summed E-state index contributed by atoms with van der Waals surface area (Å²) in [4.78, 5) is 8.63. The second-order valence-corrected chi connectivity index (χ2v) is 4.80. The third-order valence-corrected chi connectivity index (χ3v) is 3.25. The summed E-state index contributed by atoms with van der Waals surface area (Å²) in [7, 11) is 0. The predicted molar refractivity (Wildman–Crippen MR) is 71.5 cm³/mol. The highest BCUT2D eigenvalue weighted by Gasteiger charge is 2.16. The molecule has 0 saturated carbocycles. The van der Waals surface area contributed by atoms with Gasteiger partial charge >= 0.3 is 0 Å². The molecule has 1 aliphatic rings. The molecule has 0 aromatic carbocycles. The van der Waals surface area contributed by atoms with Gasteiger partial charge in [-0.05, 0) is 39.1 Å². The van der Waals surface area contributed by atoms with Crippen molar-refractivity contribution in [2.24, 2.45) is 0 Å². The topological polar surface area (TPSA) is 56.3 Å². The van der Waals surface area contributed by atoms with E-state index in [2.05, 4.69) is 15.3 Å². The van der Waals surface area contributed by atoms with E-state index in [1.54, 1.807) is 6.07 Å². The summed E-state index contributed by atoms with van der Waals surface area (Å²) in [6.45, 7) is 4.54. The van der Waals surface area contributed by atoms with E-state index in [-0.39, 0.29) is 6.10 Å². The smallest absolute Gasteiger partial charge is 0.221 e. The number of hydrogen-bond donors (Lipinski definition) is 1. The molecule has 0 atom stereocenters. The van der Waals surface area contributed by atoms with Crippen LogP contribution in [0.15, 0.2) is 11.2 Å². The number of piperidine rings is 1. The number of rotatable bonds is 5. The zero-order valence-corrected chi connectivity index (χ0v) is 11.6. The van der Waals surface area contributed by atoms with Crippen LogP contribution in [0.4, 0.5) is 0 Å². The highest BCUT2D eigenvalue weighted by molar-refractivity contribution is 7.98. The summed E-state index contributed by atoms with van der Waals surface area (Å²) >= 11 is 1.49. The van der Waals surface area contributed by atoms with Crippen LogP contribution in [-0.2, 0) is 0 Å². The lowest BCUT2D eigenvalue weighted by Gasteiger charge is -2.23. The zero-order valence-electron chi connectivity index (χ0n) is 10.8. The van der Waals surface area contributed by atoms with Crippen LogP contribution >= 0.6 is 11.8 Å². The van der Waals surface area contributed by atoms with Crippen LogP contribution < -0.4 is 14.8 Å². The molecule has 0 aliphatic carbocycles. The molecule has 18 heavy (non-hydrogen) atoms. The highest BCUT2D eigenvalue weighted by atomic mass is 32.2. The van der Waals surface area contributed by atoms with Gasteiger partial charge in [0, 0.05) is 0 Å². The monoisotopic (exact) mass is 269 g/mol. The molecule has 0 radical (unpaired) electrons. The summed E-state index contributed by atoms with van der Waals surface area (Å²) in [5, 5.41) is 4.00. The lowest BCUT2D eigenvalue weighted by Crippen LogP contribution is -2.34. The van der Waals surface area contributed by atoms with Crippen molar-refractivity contribution >= 4 is 11.8 Å². The van der Waals surface area contributed by atoms with E-state index in [9.17, 15) is 0 Å². The number of hydrogen-bond acceptors (Lipinski definition) is 6. The highest BCUT2D eigenvalue weighted by Crippen LogP contribution is 2.22. The number of aromatic nitrogens is 2. The molecule has 1 aromatic heterocycles. The van der Waals surface area contributed by atoms with E-state index in [1.165, 1.54) is 11.8 Å². The maximum Gasteiger partial charge on any atom is 0.221 e. The third kappa shape index (κ3) is 3.74. The quantitative estimate of drug-likeness (QED) is 0.649. The standard InChI is InChI=1S/C12H19N3O2S/c1-3-16-10-8-11(15-12(14-10)18-2)17-9-4-6-13-7-5-9/h8-9,13H,3-7H2,1-2H3. The minimum atomic E-state index is 0.241. The van der Waals surface area contributed by atoms with E-state index < -0.39 is 0 Å². The van der Waals surface area contributed by atoms with Crippen LogP contribution in [0.3, 0.4) is 0 Å². The van der Waals surface area contributed by atoms with Crippen LogP contribution in [0.2, 0.25) is 0 Å². The summed E-state index contributed by atoms with van der Waals surface area (Å²) in [6.07, 6.45) is 4.22. The van der Waals surface area contributed by atoms with Gasteiger partial charge in [-0.15, -0.1) is 0 Å². The van der Waals surface area contributed by atoms with Crippen LogP contribution in [0.25, 0.3) is 0 Å². The van der Waals surface area contributed by atoms with Crippen LogP contribution in [0, 0.1) is 0 Å². The molecule has 2 heterocycles. The molecule has 0 unspecified atom stereocenters. The van der Waals surface area contributed by atoms with Crippen molar-refractivity contribution in [3.05, 3.63) is 6.07 Å². The fourth-order valence-electron chi connectivity index (χ4n) is 1.84. The second kappa shape index (κ2) is 6.80. The number of nitrogens with zero attached hydrogens (tertiary/aromatic N) is 2. The molecule has 0 bridgehead atoms. The first-order valence-electron chi connectivity index (χ1n) is 6.25. The Hall–Kier alpha value is -1.01. The molecular weight excluding hydrogens is 250 g/mol. The molecule has 1 fully saturated rings. The Kier molecular flexibility index (Phi) is 5.07. The predicted octanol–water partition coefficient (Wildman–Crippen LogP) is 1.73. The normalized spacial score (nSPS) is 16.6. The molecular formula is C12H19N3O2S. The van der Waals surface area contributed by atoms with Gasteiger partial charge in [-0.1, -0.05) is 11.8 Å². The van der Waals surface area contributed by atoms with E-state index in [4.69, 9.17) is 9.47 Å². The first kappa shape index (κ1) is 13.4. The van der Waals surface area contributed by atoms with Crippen molar-refractivity contribution in [3.8, 4) is 11.8 Å². The first-order valence-corrected chi connectivity index (χ1v) is 7.47. The fourth-order valence-corrected chi connectivity index (χ4v) is 2.20. The van der Waals surface area contributed by atoms with E-state index in [0.717, 1.165) is 25.9 Å². The lowest BCUT2D eigenvalue weighted by atomic mass is 10.1. The van der Waals surface area contributed by atoms with Crippen molar-refractivity contribution in [1.82, 2.24) is 15.3 Å². The minimum absolute atomic E-state index is 0.241. The van der Waals surface area contributed by atoms with Crippen molar-refractivity contribution in [3.63, 3.8) is 0 Å². The molecule has 5 nitrogen and oxygen atoms in total. The van der Waals surface area contributed by atoms with Gasteiger partial charge in [0.2, 0.25) is 11.8 Å². The van der Waals surface area contributed by atoms with Crippen LogP contribution in [0.1, 0.15) is 19.8 Å². The van der Waals surface area contributed by atoms with Crippen molar-refractivity contribution in [1.29, 1.82) is 0 Å². The summed E-state index contributed by atoms with van der Waals surface area (Å²) in [5.41, 5.74) is 0. The van der Waals surface area contributed by atoms with Gasteiger partial charge in [-0.3, -0.25) is 0 Å². The zero-order chi connectivity index (χ0) is 12.8. The molecule has 2 rings (SSSR count). The Morgan fingerprint density at radius 3 is 2.72 bits per heavy atom. The number of nitrogens with one attached hydrogen (secondary N) is 1. The lowest BCUT2D eigenvalue weighted by molar-refractivity contribution is 0.153. The number of ether oxygens (including phenoxy) is 2. The molecule has 1 aromatic rings. The average Bonchev–Trinajstić information content (AvgIpc) is 2.40. The molecule has 1 N–H and O–H groups in total. The Labute approximate surface area is 112 Å². The van der Waals surface area contributed by atoms with E-state index >= 15 is 0 Å². The van der Waals surface area contributed by atoms with Gasteiger partial charge in [0.05, 0.1) is 12.7 Å². The molecule has 1 saturated heterocycles. The first-order chi connectivity index (χ1) is 8.81. The molecule has 1 aliphatic heterocycles. The third-order valence-electron chi connectivity index (χ3n) is 2.71. The Morgan fingerprint density at radius 2 is 2.06 bits per heavy atom. The molecule has 6 heteroatoms. The van der Waals surface area contributed by atoms with Gasteiger partial charge < -0.3 is 14.8 Å². The summed E-state index contributed by atoms with van der Waals surface area (Å²) < 4.78 is 11.3. The molecule has 0 spiro atoms. The van der Waals surface area contributed by atoms with Gasteiger partial charge in [-0.2, -0.15) is 9.97 Å². The van der Waals surface area contributed by atoms with Crippen LogP contribution in [-0.4, -0.2) is 42.0 Å². The Morgan fingerprint density at radius 1 is 1.33 bits per heavy atom. The Bertz CT molecular complexity index is 384. The largest absolute Gasteiger partial charge is 0.478 e. The van der Waals surface area contributed by atoms with Crippen molar-refractivity contribution in [2.75, 3.05) is 26.0 Å². The Balaban J connectivity index is 2.07. The number of thioether (sulfide) groups is 1. The van der Waals surface area contributed by atoms with Gasteiger partial charge in [0.25, 0.3) is 0 Å². The summed E-state index contributed by atoms with van der Waals surface area (Å²) in [6, 6.07) is 1.77. The van der Waals surface area contributed by atoms with Gasteiger partial charge in [0.1, 0.15) is 6.10 Å². The maximum atomic E-state index is 5.90. The van der Waals surface area contributed by atoms with Crippen molar-refractivity contribution in [2.45, 2.75) is 31.0 Å². The van der Waals surface area contributed by atoms with Gasteiger partial charge in [0.15, 0.2) is 5.16 Å². The SMILES string of the molecule is CCOc1cc(OC2CCNCC2)nc(SC)n1. The van der Waals surface area contributed by atoms with E-state index in [0.29, 0.717) is 23.5 Å². The molecule has 0 amide bonds. The second-order valence-electron chi connectivity index (χ2n) is 4.03. The van der Waals surface area contributed by atoms with Crippen molar-refractivity contribution < 1.29 is 9.47 Å². The van der Waals surface area contributed by atoms with E-state index in [1.807, 2.05) is 13.2 Å². The average molecular weight is 269 g/mol. The fraction of sp³-hybridized carbons (Fsp3) is 0.667. The maximum absolute atomic E-state index is 5.90. The minimum Gasteiger partial charge on any atom is -0.478 e. The molecule has 100 valence electrons.